The van der Waals surface area contributed by atoms with Crippen molar-refractivity contribution in [3.63, 3.8) is 0 Å². The Balaban J connectivity index is 1.87. The summed E-state index contributed by atoms with van der Waals surface area (Å²) in [6, 6.07) is 9.09. The maximum atomic E-state index is 13.3. The van der Waals surface area contributed by atoms with Gasteiger partial charge in [-0.3, -0.25) is 4.98 Å². The summed E-state index contributed by atoms with van der Waals surface area (Å²) in [5, 5.41) is 0. The van der Waals surface area contributed by atoms with Crippen LogP contribution in [0.15, 0.2) is 36.5 Å². The highest BCUT2D eigenvalue weighted by atomic mass is 19.1. The van der Waals surface area contributed by atoms with E-state index in [-0.39, 0.29) is 5.82 Å². The van der Waals surface area contributed by atoms with Crippen molar-refractivity contribution in [2.75, 3.05) is 0 Å². The van der Waals surface area contributed by atoms with Crippen molar-refractivity contribution in [3.8, 4) is 0 Å². The highest BCUT2D eigenvalue weighted by Gasteiger charge is 2.35. The van der Waals surface area contributed by atoms with Gasteiger partial charge < -0.3 is 5.73 Å². The second kappa shape index (κ2) is 4.98. The number of pyridine rings is 1. The van der Waals surface area contributed by atoms with Crippen LogP contribution in [0.2, 0.25) is 0 Å². The number of hydrogen-bond acceptors (Lipinski definition) is 2. The molecular formula is C17H19FN2. The van der Waals surface area contributed by atoms with E-state index in [1.54, 1.807) is 6.07 Å². The fraction of sp³-hybridized carbons (Fsp3) is 0.353. The predicted octanol–water partition coefficient (Wildman–Crippen LogP) is 3.13. The molecule has 0 radical (unpaired) electrons. The van der Waals surface area contributed by atoms with Gasteiger partial charge in [-0.2, -0.15) is 0 Å². The Hall–Kier alpha value is -1.74. The molecule has 0 saturated carbocycles. The maximum absolute atomic E-state index is 13.3. The highest BCUT2D eigenvalue weighted by molar-refractivity contribution is 5.40. The third-order valence-corrected chi connectivity index (χ3v) is 4.23. The molecule has 0 saturated heterocycles. The Kier molecular flexibility index (Phi) is 3.30. The number of hydrogen-bond donors (Lipinski definition) is 1. The number of benzene rings is 1. The molecule has 2 N–H and O–H groups in total. The van der Waals surface area contributed by atoms with E-state index in [1.807, 2.05) is 12.3 Å². The van der Waals surface area contributed by atoms with Gasteiger partial charge in [0.2, 0.25) is 0 Å². The molecule has 0 fully saturated rings. The first-order valence-electron chi connectivity index (χ1n) is 7.12. The minimum absolute atomic E-state index is 0.182. The fourth-order valence-electron chi connectivity index (χ4n) is 3.02. The lowest BCUT2D eigenvalue weighted by Crippen LogP contribution is -2.36. The van der Waals surface area contributed by atoms with Crippen molar-refractivity contribution < 1.29 is 4.39 Å². The number of nitrogens with zero attached hydrogens (tertiary/aromatic N) is 1. The molecule has 3 rings (SSSR count). The second-order valence-corrected chi connectivity index (χ2v) is 5.65. The van der Waals surface area contributed by atoms with Crippen LogP contribution in [0.3, 0.4) is 0 Å². The lowest BCUT2D eigenvalue weighted by Gasteiger charge is -2.25. The van der Waals surface area contributed by atoms with Crippen molar-refractivity contribution in [1.29, 1.82) is 0 Å². The van der Waals surface area contributed by atoms with Crippen molar-refractivity contribution >= 4 is 0 Å². The number of aromatic nitrogens is 1. The molecule has 2 nitrogen and oxygen atoms in total. The summed E-state index contributed by atoms with van der Waals surface area (Å²) < 4.78 is 13.3. The van der Waals surface area contributed by atoms with Gasteiger partial charge in [0.05, 0.1) is 0 Å². The number of rotatable bonds is 3. The van der Waals surface area contributed by atoms with Crippen LogP contribution in [-0.2, 0) is 24.8 Å². The molecule has 1 aliphatic rings. The Morgan fingerprint density at radius 3 is 2.85 bits per heavy atom. The molecule has 0 spiro atoms. The Morgan fingerprint density at radius 1 is 1.30 bits per heavy atom. The predicted molar refractivity (Wildman–Crippen MR) is 77.9 cm³/mol. The van der Waals surface area contributed by atoms with Gasteiger partial charge in [0.1, 0.15) is 5.82 Å². The number of fused-ring (bicyclic) bond motifs is 1. The highest BCUT2D eigenvalue weighted by Crippen LogP contribution is 2.37. The van der Waals surface area contributed by atoms with Gasteiger partial charge in [-0.25, -0.2) is 4.39 Å². The van der Waals surface area contributed by atoms with Crippen LogP contribution in [0.4, 0.5) is 4.39 Å². The molecule has 2 aromatic rings. The number of nitrogens with two attached hydrogens (primary N) is 1. The molecule has 1 aromatic heterocycles. The average molecular weight is 270 g/mol. The van der Waals surface area contributed by atoms with E-state index in [1.165, 1.54) is 11.6 Å². The minimum Gasteiger partial charge on any atom is -0.321 e. The minimum atomic E-state index is -0.413. The molecule has 0 bridgehead atoms. The van der Waals surface area contributed by atoms with Crippen molar-refractivity contribution in [2.24, 2.45) is 5.73 Å². The zero-order chi connectivity index (χ0) is 14.2. The van der Waals surface area contributed by atoms with Gasteiger partial charge in [-0.15, -0.1) is 0 Å². The van der Waals surface area contributed by atoms with Gasteiger partial charge >= 0.3 is 0 Å². The van der Waals surface area contributed by atoms with E-state index in [9.17, 15) is 4.39 Å². The summed E-state index contributed by atoms with van der Waals surface area (Å²) in [7, 11) is 0. The lowest BCUT2D eigenvalue weighted by molar-refractivity contribution is 0.434. The molecule has 3 heteroatoms. The maximum Gasteiger partial charge on any atom is 0.123 e. The lowest BCUT2D eigenvalue weighted by atomic mass is 9.88. The summed E-state index contributed by atoms with van der Waals surface area (Å²) in [4.78, 5) is 4.49. The summed E-state index contributed by atoms with van der Waals surface area (Å²) >= 11 is 0. The summed E-state index contributed by atoms with van der Waals surface area (Å²) in [6.07, 6.45) is 5.30. The van der Waals surface area contributed by atoms with E-state index < -0.39 is 5.54 Å². The van der Waals surface area contributed by atoms with Crippen molar-refractivity contribution in [2.45, 2.75) is 38.1 Å². The quantitative estimate of drug-likeness (QED) is 0.930. The number of halogens is 1. The van der Waals surface area contributed by atoms with Crippen LogP contribution in [0.5, 0.6) is 0 Å². The second-order valence-electron chi connectivity index (χ2n) is 5.65. The molecule has 20 heavy (non-hydrogen) atoms. The van der Waals surface area contributed by atoms with Crippen LogP contribution in [-0.4, -0.2) is 4.98 Å². The summed E-state index contributed by atoms with van der Waals surface area (Å²) in [5.74, 6) is -0.182. The average Bonchev–Trinajstić information content (AvgIpc) is 2.76. The first-order chi connectivity index (χ1) is 9.60. The molecule has 0 aliphatic heterocycles. The normalized spacial score (nSPS) is 20.9. The van der Waals surface area contributed by atoms with E-state index >= 15 is 0 Å². The van der Waals surface area contributed by atoms with Gasteiger partial charge in [0, 0.05) is 23.9 Å². The molecule has 1 aliphatic carbocycles. The van der Waals surface area contributed by atoms with Gasteiger partial charge in [-0.1, -0.05) is 19.1 Å². The first kappa shape index (κ1) is 13.3. The SMILES string of the molecule is CCc1ccc(CC2(N)CCc3cc(F)ccc32)nc1. The zero-order valence-corrected chi connectivity index (χ0v) is 11.7. The van der Waals surface area contributed by atoms with Gasteiger partial charge in [-0.05, 0) is 54.2 Å². The van der Waals surface area contributed by atoms with Gasteiger partial charge in [0.15, 0.2) is 0 Å². The Labute approximate surface area is 118 Å². The van der Waals surface area contributed by atoms with E-state index in [4.69, 9.17) is 5.73 Å². The third-order valence-electron chi connectivity index (χ3n) is 4.23. The molecule has 1 heterocycles. The van der Waals surface area contributed by atoms with E-state index in [0.717, 1.165) is 36.1 Å². The van der Waals surface area contributed by atoms with Crippen molar-refractivity contribution in [1.82, 2.24) is 4.98 Å². The van der Waals surface area contributed by atoms with Crippen LogP contribution >= 0.6 is 0 Å². The van der Waals surface area contributed by atoms with E-state index in [0.29, 0.717) is 6.42 Å². The molecular weight excluding hydrogens is 251 g/mol. The monoisotopic (exact) mass is 270 g/mol. The molecule has 104 valence electrons. The summed E-state index contributed by atoms with van der Waals surface area (Å²) in [5.41, 5.74) is 10.5. The number of aryl methyl sites for hydroxylation is 2. The zero-order valence-electron chi connectivity index (χ0n) is 11.7. The van der Waals surface area contributed by atoms with Crippen LogP contribution in [0.25, 0.3) is 0 Å². The topological polar surface area (TPSA) is 38.9 Å². The smallest absolute Gasteiger partial charge is 0.123 e. The Bertz CT molecular complexity index is 621. The largest absolute Gasteiger partial charge is 0.321 e. The molecule has 0 amide bonds. The van der Waals surface area contributed by atoms with Gasteiger partial charge in [0.25, 0.3) is 0 Å². The molecule has 1 atom stereocenters. The first-order valence-corrected chi connectivity index (χ1v) is 7.12. The third kappa shape index (κ3) is 2.34. The standard InChI is InChI=1S/C17H19FN2/c1-2-12-3-5-15(20-11-12)10-17(19)8-7-13-9-14(18)4-6-16(13)17/h3-6,9,11H,2,7-8,10,19H2,1H3. The fourth-order valence-corrected chi connectivity index (χ4v) is 3.02. The molecule has 1 aromatic carbocycles. The Morgan fingerprint density at radius 2 is 2.15 bits per heavy atom. The van der Waals surface area contributed by atoms with E-state index in [2.05, 4.69) is 24.0 Å². The van der Waals surface area contributed by atoms with Crippen LogP contribution in [0.1, 0.15) is 35.7 Å². The summed E-state index contributed by atoms with van der Waals surface area (Å²) in [6.45, 7) is 2.11. The molecule has 1 unspecified atom stereocenters. The van der Waals surface area contributed by atoms with Crippen molar-refractivity contribution in [3.05, 3.63) is 64.7 Å². The van der Waals surface area contributed by atoms with Crippen LogP contribution in [0, 0.1) is 5.82 Å². The van der Waals surface area contributed by atoms with Crippen LogP contribution < -0.4 is 5.73 Å².